The molecule has 7 heteroatoms. The highest BCUT2D eigenvalue weighted by atomic mass is 32.2. The second-order valence-electron chi connectivity index (χ2n) is 5.79. The summed E-state index contributed by atoms with van der Waals surface area (Å²) >= 11 is 0. The van der Waals surface area contributed by atoms with Crippen molar-refractivity contribution in [1.82, 2.24) is 8.61 Å². The van der Waals surface area contributed by atoms with Gasteiger partial charge in [-0.2, -0.15) is 17.0 Å². The fourth-order valence-electron chi connectivity index (χ4n) is 3.03. The summed E-state index contributed by atoms with van der Waals surface area (Å²) in [4.78, 5) is 10.7. The maximum absolute atomic E-state index is 12.6. The molecule has 0 aliphatic carbocycles. The van der Waals surface area contributed by atoms with E-state index in [1.165, 1.54) is 10.7 Å². The van der Waals surface area contributed by atoms with Crippen molar-refractivity contribution in [2.45, 2.75) is 44.9 Å². The molecule has 0 aromatic rings. The maximum Gasteiger partial charge on any atom is 0.303 e. The summed E-state index contributed by atoms with van der Waals surface area (Å²) in [6.07, 6.45) is 5.93. The zero-order valence-corrected chi connectivity index (χ0v) is 12.6. The first kappa shape index (κ1) is 15.7. The van der Waals surface area contributed by atoms with Gasteiger partial charge >= 0.3 is 5.97 Å². The lowest BCUT2D eigenvalue weighted by Crippen LogP contribution is -2.44. The lowest BCUT2D eigenvalue weighted by molar-refractivity contribution is -0.137. The molecule has 0 aromatic heterocycles. The summed E-state index contributed by atoms with van der Waals surface area (Å²) in [5.74, 6) is -0.891. The van der Waals surface area contributed by atoms with Crippen molar-refractivity contribution in [3.8, 4) is 0 Å². The highest BCUT2D eigenvalue weighted by Gasteiger charge is 2.35. The van der Waals surface area contributed by atoms with Gasteiger partial charge in [-0.15, -0.1) is 0 Å². The molecule has 0 bridgehead atoms. The Morgan fingerprint density at radius 2 is 1.60 bits per heavy atom. The molecule has 0 unspecified atom stereocenters. The zero-order chi connectivity index (χ0) is 14.6. The van der Waals surface area contributed by atoms with Gasteiger partial charge in [0.1, 0.15) is 0 Å². The summed E-state index contributed by atoms with van der Waals surface area (Å²) in [6, 6.07) is 0. The van der Waals surface area contributed by atoms with Crippen LogP contribution in [-0.4, -0.2) is 54.3 Å². The van der Waals surface area contributed by atoms with Crippen molar-refractivity contribution in [3.63, 3.8) is 0 Å². The molecule has 1 N–H and O–H groups in total. The van der Waals surface area contributed by atoms with Gasteiger partial charge in [-0.1, -0.05) is 19.3 Å². The van der Waals surface area contributed by atoms with E-state index < -0.39 is 16.2 Å². The zero-order valence-electron chi connectivity index (χ0n) is 11.8. The SMILES string of the molecule is O=C(O)C[C@H]1CCN(S(=O)(=O)N2CCCCCCC2)C1. The minimum Gasteiger partial charge on any atom is -0.481 e. The number of nitrogens with zero attached hydrogens (tertiary/aromatic N) is 2. The molecule has 0 amide bonds. The smallest absolute Gasteiger partial charge is 0.303 e. The van der Waals surface area contributed by atoms with E-state index >= 15 is 0 Å². The van der Waals surface area contributed by atoms with Gasteiger partial charge in [0.05, 0.1) is 0 Å². The third kappa shape index (κ3) is 3.93. The van der Waals surface area contributed by atoms with Gasteiger partial charge in [0.25, 0.3) is 10.2 Å². The molecule has 6 nitrogen and oxygen atoms in total. The van der Waals surface area contributed by atoms with Crippen LogP contribution in [0.3, 0.4) is 0 Å². The molecule has 0 radical (unpaired) electrons. The first-order valence-electron chi connectivity index (χ1n) is 7.47. The molecule has 2 aliphatic rings. The van der Waals surface area contributed by atoms with Crippen LogP contribution in [0.2, 0.25) is 0 Å². The lowest BCUT2D eigenvalue weighted by atomic mass is 10.1. The minimum atomic E-state index is -3.40. The van der Waals surface area contributed by atoms with Gasteiger partial charge in [0, 0.05) is 32.6 Å². The Morgan fingerprint density at radius 1 is 1.00 bits per heavy atom. The largest absolute Gasteiger partial charge is 0.481 e. The van der Waals surface area contributed by atoms with E-state index in [0.717, 1.165) is 25.7 Å². The fourth-order valence-corrected chi connectivity index (χ4v) is 4.81. The van der Waals surface area contributed by atoms with Crippen molar-refractivity contribution >= 4 is 16.2 Å². The summed E-state index contributed by atoms with van der Waals surface area (Å²) < 4.78 is 28.2. The predicted molar refractivity (Wildman–Crippen MR) is 75.5 cm³/mol. The molecule has 116 valence electrons. The van der Waals surface area contributed by atoms with Gasteiger partial charge in [0.15, 0.2) is 0 Å². The van der Waals surface area contributed by atoms with Crippen LogP contribution < -0.4 is 0 Å². The third-order valence-electron chi connectivity index (χ3n) is 4.18. The highest BCUT2D eigenvalue weighted by Crippen LogP contribution is 2.25. The first-order valence-corrected chi connectivity index (χ1v) is 8.87. The second kappa shape index (κ2) is 6.87. The molecule has 2 heterocycles. The third-order valence-corrected chi connectivity index (χ3v) is 6.18. The molecule has 0 aromatic carbocycles. The normalized spacial score (nSPS) is 27.1. The Hall–Kier alpha value is -0.660. The lowest BCUT2D eigenvalue weighted by Gasteiger charge is -2.28. The average Bonchev–Trinajstić information content (AvgIpc) is 2.76. The second-order valence-corrected chi connectivity index (χ2v) is 7.71. The molecule has 2 rings (SSSR count). The topological polar surface area (TPSA) is 77.9 Å². The van der Waals surface area contributed by atoms with Crippen LogP contribution >= 0.6 is 0 Å². The van der Waals surface area contributed by atoms with Crippen LogP contribution in [0, 0.1) is 5.92 Å². The van der Waals surface area contributed by atoms with E-state index in [1.54, 1.807) is 4.31 Å². The van der Waals surface area contributed by atoms with E-state index in [9.17, 15) is 13.2 Å². The van der Waals surface area contributed by atoms with Crippen LogP contribution in [0.25, 0.3) is 0 Å². The van der Waals surface area contributed by atoms with Gasteiger partial charge < -0.3 is 5.11 Å². The summed E-state index contributed by atoms with van der Waals surface area (Å²) in [6.45, 7) is 2.01. The molecule has 20 heavy (non-hydrogen) atoms. The fraction of sp³-hybridized carbons (Fsp3) is 0.923. The first-order chi connectivity index (χ1) is 9.50. The van der Waals surface area contributed by atoms with E-state index in [4.69, 9.17) is 5.11 Å². The van der Waals surface area contributed by atoms with Crippen molar-refractivity contribution < 1.29 is 18.3 Å². The molecular weight excluding hydrogens is 280 g/mol. The van der Waals surface area contributed by atoms with Crippen molar-refractivity contribution in [2.75, 3.05) is 26.2 Å². The van der Waals surface area contributed by atoms with Crippen LogP contribution in [-0.2, 0) is 15.0 Å². The van der Waals surface area contributed by atoms with Gasteiger partial charge in [-0.3, -0.25) is 4.79 Å². The van der Waals surface area contributed by atoms with Crippen LogP contribution in [0.4, 0.5) is 0 Å². The highest BCUT2D eigenvalue weighted by molar-refractivity contribution is 7.86. The molecule has 0 spiro atoms. The number of hydrogen-bond acceptors (Lipinski definition) is 3. The van der Waals surface area contributed by atoms with Gasteiger partial charge in [-0.05, 0) is 25.2 Å². The van der Waals surface area contributed by atoms with Crippen molar-refractivity contribution in [3.05, 3.63) is 0 Å². The molecule has 2 fully saturated rings. The van der Waals surface area contributed by atoms with E-state index in [1.807, 2.05) is 0 Å². The predicted octanol–water partition coefficient (Wildman–Crippen LogP) is 1.29. The Kier molecular flexibility index (Phi) is 5.40. The quantitative estimate of drug-likeness (QED) is 0.849. The molecule has 2 aliphatic heterocycles. The molecule has 0 saturated carbocycles. The van der Waals surface area contributed by atoms with E-state index in [0.29, 0.717) is 32.6 Å². The number of aliphatic carboxylic acids is 1. The van der Waals surface area contributed by atoms with E-state index in [-0.39, 0.29) is 12.3 Å². The average molecular weight is 304 g/mol. The minimum absolute atomic E-state index is 0.0444. The Balaban J connectivity index is 1.97. The molecule has 2 saturated heterocycles. The Bertz CT molecular complexity index is 430. The molecule has 1 atom stereocenters. The number of carbonyl (C=O) groups is 1. The van der Waals surface area contributed by atoms with Crippen LogP contribution in [0.5, 0.6) is 0 Å². The number of carboxylic acid groups (broad SMARTS) is 1. The maximum atomic E-state index is 12.6. The van der Waals surface area contributed by atoms with Gasteiger partial charge in [0.2, 0.25) is 0 Å². The number of rotatable bonds is 4. The van der Waals surface area contributed by atoms with Crippen molar-refractivity contribution in [2.24, 2.45) is 5.92 Å². The Morgan fingerprint density at radius 3 is 2.20 bits per heavy atom. The monoisotopic (exact) mass is 304 g/mol. The van der Waals surface area contributed by atoms with Gasteiger partial charge in [-0.25, -0.2) is 0 Å². The number of carboxylic acids is 1. The molecular formula is C13H24N2O4S. The van der Waals surface area contributed by atoms with Crippen LogP contribution in [0.1, 0.15) is 44.9 Å². The van der Waals surface area contributed by atoms with Crippen LogP contribution in [0.15, 0.2) is 0 Å². The van der Waals surface area contributed by atoms with Crippen molar-refractivity contribution in [1.29, 1.82) is 0 Å². The summed E-state index contributed by atoms with van der Waals surface area (Å²) in [7, 11) is -3.40. The summed E-state index contributed by atoms with van der Waals surface area (Å²) in [5.41, 5.74) is 0. The summed E-state index contributed by atoms with van der Waals surface area (Å²) in [5, 5.41) is 8.80. The Labute approximate surface area is 120 Å². The van der Waals surface area contributed by atoms with E-state index in [2.05, 4.69) is 0 Å². The number of hydrogen-bond donors (Lipinski definition) is 1. The standard InChI is InChI=1S/C13H24N2O4S/c16-13(17)10-12-6-9-15(11-12)20(18,19)14-7-4-2-1-3-5-8-14/h12H,1-11H2,(H,16,17)/t12-/m1/s1.